The minimum Gasteiger partial charge on any atom is -0.495 e. The van der Waals surface area contributed by atoms with E-state index in [0.717, 1.165) is 24.0 Å². The molecule has 0 radical (unpaired) electrons. The van der Waals surface area contributed by atoms with Crippen LogP contribution in [0.3, 0.4) is 0 Å². The smallest absolute Gasteiger partial charge is 0.421 e. The number of carbonyl (C=O) groups excluding carboxylic acids is 2. The van der Waals surface area contributed by atoms with E-state index in [1.807, 2.05) is 6.07 Å². The Morgan fingerprint density at radius 2 is 1.69 bits per heavy atom. The van der Waals surface area contributed by atoms with Crippen molar-refractivity contribution in [3.8, 4) is 5.75 Å². The van der Waals surface area contributed by atoms with Crippen molar-refractivity contribution in [3.05, 3.63) is 64.3 Å². The molecule has 16 heteroatoms. The Balaban J connectivity index is 1.43. The lowest BCUT2D eigenvalue weighted by molar-refractivity contribution is -0.149. The van der Waals surface area contributed by atoms with E-state index in [4.69, 9.17) is 18.5 Å². The van der Waals surface area contributed by atoms with Crippen molar-refractivity contribution >= 4 is 42.6 Å². The van der Waals surface area contributed by atoms with Gasteiger partial charge in [0.2, 0.25) is 5.95 Å². The zero-order chi connectivity index (χ0) is 36.9. The predicted octanol–water partition coefficient (Wildman–Crippen LogP) is 8.18. The van der Waals surface area contributed by atoms with Crippen molar-refractivity contribution in [2.75, 3.05) is 44.6 Å². The Labute approximate surface area is 295 Å². The summed E-state index contributed by atoms with van der Waals surface area (Å²) in [5.41, 5.74) is 1.99. The molecule has 1 amide bonds. The first-order valence-corrected chi connectivity index (χ1v) is 18.6. The fourth-order valence-electron chi connectivity index (χ4n) is 6.64. The molecule has 1 fully saturated rings. The van der Waals surface area contributed by atoms with Gasteiger partial charge in [0.15, 0.2) is 0 Å². The fourth-order valence-corrected chi connectivity index (χ4v) is 8.33. The van der Waals surface area contributed by atoms with Gasteiger partial charge in [-0.15, -0.1) is 0 Å². The van der Waals surface area contributed by atoms with Crippen molar-refractivity contribution in [2.45, 2.75) is 71.3 Å². The molecule has 0 bridgehead atoms. The summed E-state index contributed by atoms with van der Waals surface area (Å²) in [5, 5.41) is 5.71. The molecule has 1 aromatic heterocycles. The summed E-state index contributed by atoms with van der Waals surface area (Å²) in [6.07, 6.45) is -1.39. The maximum absolute atomic E-state index is 14.3. The van der Waals surface area contributed by atoms with E-state index in [1.165, 1.54) is 12.0 Å². The van der Waals surface area contributed by atoms with Gasteiger partial charge in [-0.2, -0.15) is 18.2 Å². The first-order valence-electron chi connectivity index (χ1n) is 16.9. The largest absolute Gasteiger partial charge is 0.495 e. The van der Waals surface area contributed by atoms with Crippen molar-refractivity contribution in [1.29, 1.82) is 0 Å². The average molecular weight is 734 g/mol. The number of amides is 1. The van der Waals surface area contributed by atoms with Gasteiger partial charge in [0.1, 0.15) is 17.1 Å². The first-order chi connectivity index (χ1) is 24.3. The van der Waals surface area contributed by atoms with Gasteiger partial charge in [-0.3, -0.25) is 14.2 Å². The Morgan fingerprint density at radius 3 is 2.31 bits per heavy atom. The van der Waals surface area contributed by atoms with Gasteiger partial charge in [0.25, 0.3) is 5.91 Å². The van der Waals surface area contributed by atoms with E-state index in [9.17, 15) is 27.3 Å². The topological polar surface area (TPSA) is 141 Å². The molecule has 3 aromatic rings. The standard InChI is InChI=1S/C35H43F3N5O7P/c1-6-48-33(45)23-12-10-22(11-13-23)24-14-16-28(30-25(24)19-43(4)32(30)44)40-31-26(35(36,37)38)18-39-34(42-31)41-27-15-9-21(17-29(27)47-5)20-51(46,49-7-2)50-8-3/h9,14-18,22-23H,6-8,10-13,19-20H2,1-5H3,(H2,39,40,41,42)/t22-,23+. The van der Waals surface area contributed by atoms with Crippen LogP contribution in [-0.4, -0.2) is 60.7 Å². The molecule has 1 aliphatic carbocycles. The van der Waals surface area contributed by atoms with Crippen LogP contribution in [0.4, 0.5) is 36.3 Å². The number of alkyl halides is 3. The molecule has 0 atom stereocenters. The Hall–Kier alpha value is -4.20. The number of fused-ring (bicyclic) bond motifs is 1. The van der Waals surface area contributed by atoms with Gasteiger partial charge in [-0.1, -0.05) is 12.1 Å². The third-order valence-corrected chi connectivity index (χ3v) is 11.0. The lowest BCUT2D eigenvalue weighted by atomic mass is 9.77. The zero-order valence-corrected chi connectivity index (χ0v) is 30.2. The second kappa shape index (κ2) is 16.0. The number of benzene rings is 2. The number of aromatic nitrogens is 2. The second-order valence-corrected chi connectivity index (χ2v) is 14.4. The summed E-state index contributed by atoms with van der Waals surface area (Å²) in [6, 6.07) is 8.34. The Bertz CT molecular complexity index is 1790. The molecule has 0 saturated heterocycles. The number of esters is 1. The zero-order valence-electron chi connectivity index (χ0n) is 29.3. The van der Waals surface area contributed by atoms with Crippen LogP contribution >= 0.6 is 7.60 Å². The highest BCUT2D eigenvalue weighted by Crippen LogP contribution is 2.52. The highest BCUT2D eigenvalue weighted by atomic mass is 31.2. The maximum atomic E-state index is 14.3. The van der Waals surface area contributed by atoms with Crippen LogP contribution in [0, 0.1) is 5.92 Å². The first kappa shape index (κ1) is 38.0. The third kappa shape index (κ3) is 8.65. The van der Waals surface area contributed by atoms with Gasteiger partial charge in [-0.05, 0) is 87.3 Å². The minimum atomic E-state index is -4.81. The lowest BCUT2D eigenvalue weighted by Crippen LogP contribution is -2.23. The molecule has 2 aromatic carbocycles. The lowest BCUT2D eigenvalue weighted by Gasteiger charge is -2.29. The van der Waals surface area contributed by atoms with E-state index in [0.29, 0.717) is 49.2 Å². The fraction of sp³-hybridized carbons (Fsp3) is 0.486. The van der Waals surface area contributed by atoms with E-state index in [2.05, 4.69) is 20.6 Å². The van der Waals surface area contributed by atoms with Gasteiger partial charge in [0, 0.05) is 19.8 Å². The number of hydrogen-bond donors (Lipinski definition) is 2. The quantitative estimate of drug-likeness (QED) is 0.122. The molecular formula is C35H43F3N5O7P. The number of methoxy groups -OCH3 is 1. The molecule has 2 N–H and O–H groups in total. The Morgan fingerprint density at radius 1 is 1.00 bits per heavy atom. The summed E-state index contributed by atoms with van der Waals surface area (Å²) in [5.74, 6) is -1.01. The highest BCUT2D eigenvalue weighted by molar-refractivity contribution is 7.53. The molecule has 1 saturated carbocycles. The predicted molar refractivity (Wildman–Crippen MR) is 185 cm³/mol. The number of hydrogen-bond acceptors (Lipinski definition) is 11. The third-order valence-electron chi connectivity index (χ3n) is 8.98. The van der Waals surface area contributed by atoms with Crippen LogP contribution in [0.15, 0.2) is 36.5 Å². The molecular weight excluding hydrogens is 690 g/mol. The highest BCUT2D eigenvalue weighted by Gasteiger charge is 2.38. The summed E-state index contributed by atoms with van der Waals surface area (Å²) in [4.78, 5) is 35.3. The Kier molecular flexibility index (Phi) is 11.9. The van der Waals surface area contributed by atoms with Crippen molar-refractivity contribution in [2.24, 2.45) is 5.92 Å². The molecule has 51 heavy (non-hydrogen) atoms. The van der Waals surface area contributed by atoms with Crippen molar-refractivity contribution in [1.82, 2.24) is 14.9 Å². The molecule has 2 aliphatic rings. The van der Waals surface area contributed by atoms with Gasteiger partial charge >= 0.3 is 19.7 Å². The second-order valence-electron chi connectivity index (χ2n) is 12.4. The monoisotopic (exact) mass is 733 g/mol. The maximum Gasteiger partial charge on any atom is 0.421 e. The number of halogens is 3. The normalized spacial score (nSPS) is 17.6. The van der Waals surface area contributed by atoms with E-state index < -0.39 is 25.2 Å². The summed E-state index contributed by atoms with van der Waals surface area (Å²) < 4.78 is 77.3. The van der Waals surface area contributed by atoms with Gasteiger partial charge < -0.3 is 34.1 Å². The number of nitrogens with zero attached hydrogens (tertiary/aromatic N) is 3. The van der Waals surface area contributed by atoms with Crippen molar-refractivity contribution < 1.29 is 45.8 Å². The molecule has 5 rings (SSSR count). The minimum absolute atomic E-state index is 0.0119. The van der Waals surface area contributed by atoms with Crippen LogP contribution in [0.2, 0.25) is 0 Å². The molecule has 276 valence electrons. The van der Waals surface area contributed by atoms with E-state index in [1.54, 1.807) is 52.1 Å². The number of carbonyl (C=O) groups is 2. The molecule has 2 heterocycles. The van der Waals surface area contributed by atoms with Crippen LogP contribution in [0.1, 0.15) is 85.0 Å². The van der Waals surface area contributed by atoms with E-state index in [-0.39, 0.29) is 60.3 Å². The van der Waals surface area contributed by atoms with Crippen LogP contribution in [0.5, 0.6) is 5.75 Å². The van der Waals surface area contributed by atoms with Crippen LogP contribution < -0.4 is 15.4 Å². The summed E-state index contributed by atoms with van der Waals surface area (Å²) in [7, 11) is -0.347. The summed E-state index contributed by atoms with van der Waals surface area (Å²) in [6.45, 7) is 6.24. The molecule has 1 aliphatic heterocycles. The summed E-state index contributed by atoms with van der Waals surface area (Å²) >= 11 is 0. The number of anilines is 4. The van der Waals surface area contributed by atoms with E-state index >= 15 is 0 Å². The number of ether oxygens (including phenoxy) is 2. The van der Waals surface area contributed by atoms with Crippen molar-refractivity contribution in [3.63, 3.8) is 0 Å². The number of rotatable bonds is 14. The van der Waals surface area contributed by atoms with Crippen LogP contribution in [0.25, 0.3) is 0 Å². The van der Waals surface area contributed by atoms with Crippen LogP contribution in [-0.2, 0) is 42.0 Å². The average Bonchev–Trinajstić information content (AvgIpc) is 3.39. The molecule has 12 nitrogen and oxygen atoms in total. The van der Waals surface area contributed by atoms with Gasteiger partial charge in [0.05, 0.1) is 55.9 Å². The van der Waals surface area contributed by atoms with Gasteiger partial charge in [-0.25, -0.2) is 4.98 Å². The SMILES string of the molecule is CCOC(=O)[C@H]1CC[C@@H](c2ccc(Nc3nc(Nc4ccc(CP(=O)(OCC)OCC)cc4OC)ncc3C(F)(F)F)c3c2CN(C)C3=O)CC1. The number of nitrogens with one attached hydrogen (secondary N) is 2. The molecule has 0 spiro atoms. The molecule has 0 unspecified atom stereocenters.